The Hall–Kier alpha value is -0.280. The molecule has 0 fully saturated rings. The Labute approximate surface area is 67.4 Å². The van der Waals surface area contributed by atoms with Gasteiger partial charge in [0.15, 0.2) is 0 Å². The van der Waals surface area contributed by atoms with Crippen LogP contribution in [0, 0.1) is 0 Å². The number of hydrogen-bond donors (Lipinski definition) is 0. The van der Waals surface area contributed by atoms with Crippen LogP contribution in [0.15, 0.2) is 33.1 Å². The van der Waals surface area contributed by atoms with E-state index in [1.54, 1.807) is 0 Å². The highest BCUT2D eigenvalue weighted by Crippen LogP contribution is 2.15. The van der Waals surface area contributed by atoms with E-state index in [-0.39, 0.29) is 0 Å². The van der Waals surface area contributed by atoms with Gasteiger partial charge in [0.2, 0.25) is 0 Å². The molecule has 0 atom stereocenters. The quantitative estimate of drug-likeness (QED) is 0.681. The Kier molecular flexibility index (Phi) is 2.30. The molecule has 0 unspecified atom stereocenters. The van der Waals surface area contributed by atoms with Crippen molar-refractivity contribution in [2.24, 2.45) is 4.36 Å². The standard InChI is InChI=1S/C6H4BrNS/c7-5-1-3-6(8-9)4-2-5/h1-4H. The summed E-state index contributed by atoms with van der Waals surface area (Å²) in [6.07, 6.45) is 0. The first-order valence-corrected chi connectivity index (χ1v) is 3.57. The van der Waals surface area contributed by atoms with Crippen LogP contribution in [0.5, 0.6) is 0 Å². The zero-order chi connectivity index (χ0) is 6.69. The Morgan fingerprint density at radius 1 is 1.22 bits per heavy atom. The molecule has 0 aromatic heterocycles. The number of rotatable bonds is 1. The summed E-state index contributed by atoms with van der Waals surface area (Å²) in [6.45, 7) is 0. The van der Waals surface area contributed by atoms with Gasteiger partial charge in [0, 0.05) is 16.9 Å². The van der Waals surface area contributed by atoms with Gasteiger partial charge < -0.3 is 0 Å². The molecule has 46 valence electrons. The van der Waals surface area contributed by atoms with Crippen LogP contribution in [0.3, 0.4) is 0 Å². The summed E-state index contributed by atoms with van der Waals surface area (Å²) >= 11 is 7.77. The molecular formula is C6H4BrNS. The predicted octanol–water partition coefficient (Wildman–Crippen LogP) is 2.81. The molecular weight excluding hydrogens is 198 g/mol. The van der Waals surface area contributed by atoms with Gasteiger partial charge in [-0.2, -0.15) is 4.36 Å². The highest BCUT2D eigenvalue weighted by Gasteiger charge is 1.85. The molecule has 0 saturated carbocycles. The van der Waals surface area contributed by atoms with Crippen molar-refractivity contribution < 1.29 is 0 Å². The third-order valence-corrected chi connectivity index (χ3v) is 1.67. The molecule has 0 saturated heterocycles. The maximum Gasteiger partial charge on any atom is 0.0770 e. The van der Waals surface area contributed by atoms with Crippen LogP contribution < -0.4 is 0 Å². The Morgan fingerprint density at radius 2 is 1.78 bits per heavy atom. The Morgan fingerprint density at radius 3 is 2.22 bits per heavy atom. The fraction of sp³-hybridized carbons (Fsp3) is 0. The van der Waals surface area contributed by atoms with Gasteiger partial charge in [-0.25, -0.2) is 0 Å². The monoisotopic (exact) mass is 201 g/mol. The van der Waals surface area contributed by atoms with Crippen molar-refractivity contribution in [2.75, 3.05) is 0 Å². The molecule has 0 aliphatic rings. The molecule has 0 amide bonds. The number of benzene rings is 1. The van der Waals surface area contributed by atoms with Gasteiger partial charge in [-0.05, 0) is 24.3 Å². The average molecular weight is 202 g/mol. The van der Waals surface area contributed by atoms with Gasteiger partial charge in [-0.1, -0.05) is 15.9 Å². The fourth-order valence-electron chi connectivity index (χ4n) is 0.502. The van der Waals surface area contributed by atoms with Crippen LogP contribution in [0.1, 0.15) is 0 Å². The molecule has 9 heavy (non-hydrogen) atoms. The van der Waals surface area contributed by atoms with Crippen LogP contribution in [-0.4, -0.2) is 0 Å². The summed E-state index contributed by atoms with van der Waals surface area (Å²) in [4.78, 5) is 0. The lowest BCUT2D eigenvalue weighted by Crippen LogP contribution is -1.61. The zero-order valence-corrected chi connectivity index (χ0v) is 6.95. The molecule has 1 aromatic carbocycles. The van der Waals surface area contributed by atoms with E-state index in [0.717, 1.165) is 10.2 Å². The summed E-state index contributed by atoms with van der Waals surface area (Å²) in [5, 5.41) is 0. The van der Waals surface area contributed by atoms with Gasteiger partial charge in [0.1, 0.15) is 0 Å². The van der Waals surface area contributed by atoms with Crippen molar-refractivity contribution in [3.05, 3.63) is 28.7 Å². The Bertz CT molecular complexity index is 207. The van der Waals surface area contributed by atoms with E-state index in [0.29, 0.717) is 0 Å². The summed E-state index contributed by atoms with van der Waals surface area (Å²) in [7, 11) is 0. The molecule has 1 nitrogen and oxygen atoms in total. The first kappa shape index (κ1) is 6.83. The molecule has 0 radical (unpaired) electrons. The number of halogens is 1. The predicted molar refractivity (Wildman–Crippen MR) is 43.6 cm³/mol. The van der Waals surface area contributed by atoms with E-state index >= 15 is 0 Å². The van der Waals surface area contributed by atoms with E-state index in [1.807, 2.05) is 24.3 Å². The maximum absolute atomic E-state index is 4.47. The summed E-state index contributed by atoms with van der Waals surface area (Å²) in [6, 6.07) is 7.53. The van der Waals surface area contributed by atoms with Crippen molar-refractivity contribution in [3.63, 3.8) is 0 Å². The van der Waals surface area contributed by atoms with Crippen LogP contribution in [0.4, 0.5) is 5.69 Å². The molecule has 1 aromatic rings. The first-order valence-electron chi connectivity index (χ1n) is 2.42. The topological polar surface area (TPSA) is 12.4 Å². The van der Waals surface area contributed by atoms with Crippen molar-refractivity contribution in [2.45, 2.75) is 0 Å². The Balaban J connectivity index is 3.01. The second kappa shape index (κ2) is 3.03. The van der Waals surface area contributed by atoms with Crippen molar-refractivity contribution in [3.8, 4) is 0 Å². The maximum atomic E-state index is 4.47. The lowest BCUT2D eigenvalue weighted by Gasteiger charge is -1.88. The highest BCUT2D eigenvalue weighted by atomic mass is 79.9. The normalized spacial score (nSPS) is 9.00. The van der Waals surface area contributed by atoms with Gasteiger partial charge in [-0.15, -0.1) is 0 Å². The number of nitrogens with zero attached hydrogens (tertiary/aromatic N) is 1. The molecule has 0 spiro atoms. The molecule has 0 aliphatic heterocycles. The SMILES string of the molecule is S=Nc1ccc(Br)cc1. The van der Waals surface area contributed by atoms with Crippen LogP contribution in [0.2, 0.25) is 0 Å². The van der Waals surface area contributed by atoms with Crippen molar-refractivity contribution >= 4 is 34.0 Å². The molecule has 0 heterocycles. The van der Waals surface area contributed by atoms with Crippen LogP contribution in [-0.2, 0) is 12.4 Å². The molecule has 0 bridgehead atoms. The molecule has 3 heteroatoms. The lowest BCUT2D eigenvalue weighted by atomic mass is 10.3. The second-order valence-corrected chi connectivity index (χ2v) is 2.67. The van der Waals surface area contributed by atoms with Gasteiger partial charge in [0.05, 0.1) is 5.69 Å². The first-order chi connectivity index (χ1) is 4.33. The van der Waals surface area contributed by atoms with E-state index < -0.39 is 0 Å². The van der Waals surface area contributed by atoms with Crippen LogP contribution in [0.25, 0.3) is 0 Å². The molecule has 0 aliphatic carbocycles. The minimum absolute atomic E-state index is 0.827. The highest BCUT2D eigenvalue weighted by molar-refractivity contribution is 9.10. The minimum Gasteiger partial charge on any atom is -0.182 e. The summed E-state index contributed by atoms with van der Waals surface area (Å²) < 4.78 is 4.62. The minimum atomic E-state index is 0.827. The van der Waals surface area contributed by atoms with Crippen LogP contribution >= 0.6 is 15.9 Å². The second-order valence-electron chi connectivity index (χ2n) is 1.57. The average Bonchev–Trinajstić information content (AvgIpc) is 1.90. The van der Waals surface area contributed by atoms with Gasteiger partial charge in [-0.3, -0.25) is 0 Å². The molecule has 0 N–H and O–H groups in total. The zero-order valence-electron chi connectivity index (χ0n) is 4.54. The molecule has 1 rings (SSSR count). The number of hydrogen-bond acceptors (Lipinski definition) is 2. The largest absolute Gasteiger partial charge is 0.182 e. The van der Waals surface area contributed by atoms with Crippen molar-refractivity contribution in [1.82, 2.24) is 0 Å². The van der Waals surface area contributed by atoms with Gasteiger partial charge >= 0.3 is 0 Å². The smallest absolute Gasteiger partial charge is 0.0770 e. The van der Waals surface area contributed by atoms with E-state index in [2.05, 4.69) is 32.7 Å². The van der Waals surface area contributed by atoms with Crippen molar-refractivity contribution in [1.29, 1.82) is 0 Å². The van der Waals surface area contributed by atoms with E-state index in [1.165, 1.54) is 0 Å². The third kappa shape index (κ3) is 1.84. The third-order valence-electron chi connectivity index (χ3n) is 0.932. The summed E-state index contributed by atoms with van der Waals surface area (Å²) in [5.41, 5.74) is 0.827. The van der Waals surface area contributed by atoms with E-state index in [9.17, 15) is 0 Å². The lowest BCUT2D eigenvalue weighted by molar-refractivity contribution is 1.55. The fourth-order valence-corrected chi connectivity index (χ4v) is 0.888. The van der Waals surface area contributed by atoms with E-state index in [4.69, 9.17) is 0 Å². The summed E-state index contributed by atoms with van der Waals surface area (Å²) in [5.74, 6) is 0. The van der Waals surface area contributed by atoms with Gasteiger partial charge in [0.25, 0.3) is 0 Å².